The second-order valence-electron chi connectivity index (χ2n) is 10.9. The summed E-state index contributed by atoms with van der Waals surface area (Å²) in [7, 11) is 0. The Hall–Kier alpha value is -1.19. The van der Waals surface area contributed by atoms with E-state index in [9.17, 15) is 19.5 Å². The molecule has 2 bridgehead atoms. The molecule has 0 radical (unpaired) electrons. The van der Waals surface area contributed by atoms with E-state index < -0.39 is 41.2 Å². The first-order chi connectivity index (χ1) is 14.9. The van der Waals surface area contributed by atoms with Crippen LogP contribution in [-0.2, 0) is 19.1 Å². The van der Waals surface area contributed by atoms with Gasteiger partial charge < -0.3 is 25.4 Å². The van der Waals surface area contributed by atoms with E-state index in [0.29, 0.717) is 19.4 Å². The molecule has 3 aliphatic heterocycles. The lowest BCUT2D eigenvalue weighted by Crippen LogP contribution is -2.60. The lowest BCUT2D eigenvalue weighted by molar-refractivity contribution is -0.146. The second kappa shape index (κ2) is 9.22. The van der Waals surface area contributed by atoms with Crippen LogP contribution in [0.15, 0.2) is 0 Å². The Morgan fingerprint density at radius 2 is 1.97 bits per heavy atom. The summed E-state index contributed by atoms with van der Waals surface area (Å²) in [5.41, 5.74) is -1.60. The number of carbonyl (C=O) groups is 3. The number of nitrogens with one attached hydrogen (secondary N) is 2. The average Bonchev–Trinajstić information content (AvgIpc) is 3.26. The van der Waals surface area contributed by atoms with Crippen LogP contribution in [0.4, 0.5) is 0 Å². The number of nitrogens with zero attached hydrogens (tertiary/aromatic N) is 1. The number of hydrogen-bond donors (Lipinski definition) is 3. The van der Waals surface area contributed by atoms with Crippen LogP contribution < -0.4 is 10.6 Å². The summed E-state index contributed by atoms with van der Waals surface area (Å²) in [5.74, 6) is -1.96. The molecular formula is C23H38BrN3O5. The quantitative estimate of drug-likeness (QED) is 0.425. The van der Waals surface area contributed by atoms with Gasteiger partial charge in [-0.15, -0.1) is 0 Å². The SMILES string of the molecule is CCCNC(=O)[C@H]1[C@H]2C(=O)N([C@@H](CO)CC(C)C)C(C(=O)NC(C)(C)C)C23CC(Br)[C@@H]1O3. The average molecular weight is 516 g/mol. The number of carbonyl (C=O) groups excluding carboxylic acids is 3. The molecule has 0 aromatic carbocycles. The van der Waals surface area contributed by atoms with Gasteiger partial charge in [-0.1, -0.05) is 36.7 Å². The van der Waals surface area contributed by atoms with Crippen LogP contribution in [0.1, 0.15) is 60.8 Å². The maximum Gasteiger partial charge on any atom is 0.246 e. The van der Waals surface area contributed by atoms with Gasteiger partial charge in [0, 0.05) is 16.9 Å². The van der Waals surface area contributed by atoms with Crippen LogP contribution >= 0.6 is 15.9 Å². The number of fused-ring (bicyclic) bond motifs is 1. The molecule has 3 aliphatic rings. The third-order valence-electron chi connectivity index (χ3n) is 6.67. The highest BCUT2D eigenvalue weighted by molar-refractivity contribution is 9.09. The highest BCUT2D eigenvalue weighted by Crippen LogP contribution is 2.60. The Balaban J connectivity index is 2.07. The summed E-state index contributed by atoms with van der Waals surface area (Å²) < 4.78 is 6.45. The van der Waals surface area contributed by atoms with Gasteiger partial charge in [0.2, 0.25) is 17.7 Å². The van der Waals surface area contributed by atoms with Crippen molar-refractivity contribution in [2.45, 2.75) is 95.0 Å². The molecule has 1 spiro atoms. The third-order valence-corrected chi connectivity index (χ3v) is 7.52. The van der Waals surface area contributed by atoms with E-state index >= 15 is 0 Å². The van der Waals surface area contributed by atoms with Crippen LogP contribution in [0.2, 0.25) is 0 Å². The highest BCUT2D eigenvalue weighted by Gasteiger charge is 2.77. The van der Waals surface area contributed by atoms with E-state index in [1.165, 1.54) is 4.90 Å². The van der Waals surface area contributed by atoms with Gasteiger partial charge in [0.15, 0.2) is 0 Å². The van der Waals surface area contributed by atoms with Gasteiger partial charge in [0.05, 0.1) is 30.6 Å². The van der Waals surface area contributed by atoms with Gasteiger partial charge in [-0.2, -0.15) is 0 Å². The van der Waals surface area contributed by atoms with Crippen LogP contribution in [0.3, 0.4) is 0 Å². The monoisotopic (exact) mass is 515 g/mol. The zero-order valence-corrected chi connectivity index (χ0v) is 21.6. The van der Waals surface area contributed by atoms with Gasteiger partial charge in [-0.25, -0.2) is 0 Å². The Bertz CT molecular complexity index is 754. The van der Waals surface area contributed by atoms with Crippen molar-refractivity contribution < 1.29 is 24.2 Å². The fourth-order valence-electron chi connectivity index (χ4n) is 5.68. The number of aliphatic hydroxyl groups excluding tert-OH is 1. The largest absolute Gasteiger partial charge is 0.394 e. The number of aliphatic hydroxyl groups is 1. The molecule has 3 heterocycles. The standard InChI is InChI=1S/C23H38BrN3O5/c1-7-8-25-19(29)15-16-21(31)27(13(11-28)9-12(2)3)18(20(30)26-22(4,5)6)23(16)10-14(24)17(15)32-23/h12-18,28H,7-11H2,1-6H3,(H,25,29)(H,26,30)/t13-,14?,15+,16+,17+,18?,23?/m1/s1. The van der Waals surface area contributed by atoms with Crippen LogP contribution in [-0.4, -0.2) is 75.0 Å². The Morgan fingerprint density at radius 1 is 1.31 bits per heavy atom. The summed E-state index contributed by atoms with van der Waals surface area (Å²) in [6, 6.07) is -1.42. The highest BCUT2D eigenvalue weighted by atomic mass is 79.9. The molecule has 3 rings (SSSR count). The fraction of sp³-hybridized carbons (Fsp3) is 0.870. The Morgan fingerprint density at radius 3 is 2.50 bits per heavy atom. The molecule has 0 aromatic rings. The minimum absolute atomic E-state index is 0.133. The van der Waals surface area contributed by atoms with E-state index in [1.54, 1.807) is 0 Å². The molecule has 3 saturated heterocycles. The molecule has 3 amide bonds. The molecule has 3 unspecified atom stereocenters. The predicted molar refractivity (Wildman–Crippen MR) is 124 cm³/mol. The lowest BCUT2D eigenvalue weighted by Gasteiger charge is -2.38. The maximum absolute atomic E-state index is 13.9. The van der Waals surface area contributed by atoms with Crippen molar-refractivity contribution in [3.63, 3.8) is 0 Å². The normalized spacial score (nSPS) is 34.7. The molecular weight excluding hydrogens is 478 g/mol. The number of likely N-dealkylation sites (tertiary alicyclic amines) is 1. The summed E-state index contributed by atoms with van der Waals surface area (Å²) in [4.78, 5) is 42.0. The first kappa shape index (κ1) is 25.4. The van der Waals surface area contributed by atoms with Crippen LogP contribution in [0, 0.1) is 17.8 Å². The van der Waals surface area contributed by atoms with E-state index in [4.69, 9.17) is 4.74 Å². The van der Waals surface area contributed by atoms with Crippen molar-refractivity contribution in [3.05, 3.63) is 0 Å². The van der Waals surface area contributed by atoms with Crippen LogP contribution in [0.5, 0.6) is 0 Å². The molecule has 0 saturated carbocycles. The summed E-state index contributed by atoms with van der Waals surface area (Å²) in [6.45, 7) is 11.9. The van der Waals surface area contributed by atoms with E-state index in [1.807, 2.05) is 41.5 Å². The van der Waals surface area contributed by atoms with E-state index in [0.717, 1.165) is 6.42 Å². The number of rotatable bonds is 8. The molecule has 0 aromatic heterocycles. The van der Waals surface area contributed by atoms with Crippen molar-refractivity contribution in [2.75, 3.05) is 13.2 Å². The van der Waals surface area contributed by atoms with Gasteiger partial charge in [0.1, 0.15) is 11.6 Å². The number of halogens is 1. The molecule has 32 heavy (non-hydrogen) atoms. The molecule has 0 aliphatic carbocycles. The topological polar surface area (TPSA) is 108 Å². The molecule has 9 heteroatoms. The number of amides is 3. The number of ether oxygens (including phenoxy) is 1. The first-order valence-corrected chi connectivity index (χ1v) is 12.6. The van der Waals surface area contributed by atoms with Crippen molar-refractivity contribution in [1.29, 1.82) is 0 Å². The molecule has 8 nitrogen and oxygen atoms in total. The van der Waals surface area contributed by atoms with Crippen LogP contribution in [0.25, 0.3) is 0 Å². The molecule has 182 valence electrons. The van der Waals surface area contributed by atoms with Crippen molar-refractivity contribution in [1.82, 2.24) is 15.5 Å². The minimum Gasteiger partial charge on any atom is -0.394 e. The number of hydrogen-bond acceptors (Lipinski definition) is 5. The number of alkyl halides is 1. The second-order valence-corrected chi connectivity index (χ2v) is 12.1. The van der Waals surface area contributed by atoms with Gasteiger partial charge in [-0.05, 0) is 46.0 Å². The zero-order valence-electron chi connectivity index (χ0n) is 20.0. The van der Waals surface area contributed by atoms with Gasteiger partial charge in [-0.3, -0.25) is 14.4 Å². The minimum atomic E-state index is -1.09. The zero-order chi connectivity index (χ0) is 24.0. The van der Waals surface area contributed by atoms with Gasteiger partial charge >= 0.3 is 0 Å². The van der Waals surface area contributed by atoms with E-state index in [-0.39, 0.29) is 35.1 Å². The van der Waals surface area contributed by atoms with Crippen molar-refractivity contribution in [2.24, 2.45) is 17.8 Å². The summed E-state index contributed by atoms with van der Waals surface area (Å²) in [6.07, 6.45) is 1.34. The third kappa shape index (κ3) is 4.32. The lowest BCUT2D eigenvalue weighted by atomic mass is 9.70. The Labute approximate surface area is 199 Å². The Kier molecular flexibility index (Phi) is 7.33. The van der Waals surface area contributed by atoms with E-state index in [2.05, 4.69) is 26.6 Å². The summed E-state index contributed by atoms with van der Waals surface area (Å²) in [5, 5.41) is 16.1. The van der Waals surface area contributed by atoms with Crippen molar-refractivity contribution in [3.8, 4) is 0 Å². The smallest absolute Gasteiger partial charge is 0.246 e. The maximum atomic E-state index is 13.9. The molecule has 7 atom stereocenters. The van der Waals surface area contributed by atoms with Crippen molar-refractivity contribution >= 4 is 33.7 Å². The first-order valence-electron chi connectivity index (χ1n) is 11.7. The van der Waals surface area contributed by atoms with Gasteiger partial charge in [0.25, 0.3) is 0 Å². The molecule has 3 N–H and O–H groups in total. The fourth-order valence-corrected chi connectivity index (χ4v) is 6.63. The summed E-state index contributed by atoms with van der Waals surface area (Å²) >= 11 is 3.66. The predicted octanol–water partition coefficient (Wildman–Crippen LogP) is 1.58. The molecule has 3 fully saturated rings.